The summed E-state index contributed by atoms with van der Waals surface area (Å²) in [5.41, 5.74) is 0.241. The van der Waals surface area contributed by atoms with E-state index in [2.05, 4.69) is 0 Å². The zero-order valence-electron chi connectivity index (χ0n) is 9.22. The first-order chi connectivity index (χ1) is 7.99. The Morgan fingerprint density at radius 2 is 2.12 bits per heavy atom. The van der Waals surface area contributed by atoms with E-state index in [0.29, 0.717) is 10.3 Å². The number of ether oxygens (including phenoxy) is 1. The molecule has 2 heterocycles. The van der Waals surface area contributed by atoms with Gasteiger partial charge in [-0.2, -0.15) is 0 Å². The number of aromatic carboxylic acids is 1. The van der Waals surface area contributed by atoms with Crippen LogP contribution in [-0.2, 0) is 4.74 Å². The number of hydrogen-bond donors (Lipinski definition) is 1. The lowest BCUT2D eigenvalue weighted by atomic mass is 10.2. The third-order valence-corrected chi connectivity index (χ3v) is 4.28. The van der Waals surface area contributed by atoms with Crippen LogP contribution in [0.1, 0.15) is 33.9 Å². The summed E-state index contributed by atoms with van der Waals surface area (Å²) in [7, 11) is 0. The first kappa shape index (κ1) is 12.1. The van der Waals surface area contributed by atoms with Crippen LogP contribution in [0.3, 0.4) is 0 Å². The smallest absolute Gasteiger partial charge is 0.348 e. The van der Waals surface area contributed by atoms with Gasteiger partial charge in [0.1, 0.15) is 4.88 Å². The van der Waals surface area contributed by atoms with Crippen LogP contribution in [0.5, 0.6) is 0 Å². The largest absolute Gasteiger partial charge is 0.478 e. The van der Waals surface area contributed by atoms with E-state index >= 15 is 0 Å². The van der Waals surface area contributed by atoms with Gasteiger partial charge >= 0.3 is 11.9 Å². The Morgan fingerprint density at radius 3 is 2.71 bits per heavy atom. The fourth-order valence-electron chi connectivity index (χ4n) is 1.36. The molecule has 0 aliphatic rings. The number of carbonyl (C=O) groups excluding carboxylic acids is 1. The van der Waals surface area contributed by atoms with Crippen LogP contribution < -0.4 is 0 Å². The maximum Gasteiger partial charge on any atom is 0.348 e. The minimum absolute atomic E-state index is 0.179. The standard InChI is InChI=1S/C11H10O4S2/c1-5(2)15-10(14)8-3-6-7(9(12)13)4-16-11(6)17-8/h3-5H,1-2H3,(H,12,13). The summed E-state index contributed by atoms with van der Waals surface area (Å²) < 4.78 is 5.90. The van der Waals surface area contributed by atoms with E-state index in [1.165, 1.54) is 22.7 Å². The molecule has 4 nitrogen and oxygen atoms in total. The predicted molar refractivity (Wildman–Crippen MR) is 67.2 cm³/mol. The van der Waals surface area contributed by atoms with Crippen LogP contribution >= 0.6 is 22.7 Å². The molecule has 2 aromatic heterocycles. The fraction of sp³-hybridized carbons (Fsp3) is 0.273. The monoisotopic (exact) mass is 270 g/mol. The van der Waals surface area contributed by atoms with Crippen molar-refractivity contribution in [3.8, 4) is 0 Å². The molecule has 0 bridgehead atoms. The summed E-state index contributed by atoms with van der Waals surface area (Å²) in [5, 5.41) is 11.2. The number of rotatable bonds is 3. The van der Waals surface area contributed by atoms with Gasteiger partial charge in [-0.25, -0.2) is 9.59 Å². The van der Waals surface area contributed by atoms with Crippen LogP contribution in [0.2, 0.25) is 0 Å². The van der Waals surface area contributed by atoms with Crippen molar-refractivity contribution in [1.29, 1.82) is 0 Å². The molecular formula is C11H10O4S2. The molecule has 17 heavy (non-hydrogen) atoms. The van der Waals surface area contributed by atoms with Gasteiger partial charge in [0.15, 0.2) is 0 Å². The number of esters is 1. The molecule has 0 aromatic carbocycles. The number of hydrogen-bond acceptors (Lipinski definition) is 5. The predicted octanol–water partition coefficient (Wildman–Crippen LogP) is 3.23. The van der Waals surface area contributed by atoms with Gasteiger partial charge in [-0.1, -0.05) is 0 Å². The normalized spacial score (nSPS) is 11.0. The van der Waals surface area contributed by atoms with Crippen molar-refractivity contribution < 1.29 is 19.4 Å². The highest BCUT2D eigenvalue weighted by Crippen LogP contribution is 2.34. The number of carboxylic acid groups (broad SMARTS) is 1. The molecule has 1 N–H and O–H groups in total. The van der Waals surface area contributed by atoms with Crippen LogP contribution in [0.4, 0.5) is 0 Å². The topological polar surface area (TPSA) is 63.6 Å². The maximum absolute atomic E-state index is 11.6. The van der Waals surface area contributed by atoms with E-state index in [1.54, 1.807) is 25.3 Å². The Bertz CT molecular complexity index is 579. The van der Waals surface area contributed by atoms with Crippen molar-refractivity contribution in [2.24, 2.45) is 0 Å². The quantitative estimate of drug-likeness (QED) is 0.870. The van der Waals surface area contributed by atoms with Crippen LogP contribution in [0.15, 0.2) is 11.4 Å². The number of carbonyl (C=O) groups is 2. The molecule has 0 radical (unpaired) electrons. The lowest BCUT2D eigenvalue weighted by molar-refractivity contribution is 0.0383. The minimum atomic E-state index is -0.974. The summed E-state index contributed by atoms with van der Waals surface area (Å²) in [4.78, 5) is 23.0. The second kappa shape index (κ2) is 4.46. The Labute approximate surface area is 105 Å². The average molecular weight is 270 g/mol. The van der Waals surface area contributed by atoms with Gasteiger partial charge in [-0.15, -0.1) is 22.7 Å². The van der Waals surface area contributed by atoms with Gasteiger partial charge in [-0.05, 0) is 19.9 Å². The van der Waals surface area contributed by atoms with Gasteiger partial charge < -0.3 is 9.84 Å². The van der Waals surface area contributed by atoms with E-state index in [1.807, 2.05) is 0 Å². The Morgan fingerprint density at radius 1 is 1.41 bits per heavy atom. The van der Waals surface area contributed by atoms with Gasteiger partial charge in [0.25, 0.3) is 0 Å². The first-order valence-corrected chi connectivity index (χ1v) is 6.64. The van der Waals surface area contributed by atoms with Crippen molar-refractivity contribution in [3.63, 3.8) is 0 Å². The summed E-state index contributed by atoms with van der Waals surface area (Å²) in [5.74, 6) is -1.37. The minimum Gasteiger partial charge on any atom is -0.478 e. The molecule has 0 spiro atoms. The first-order valence-electron chi connectivity index (χ1n) is 4.94. The van der Waals surface area contributed by atoms with Gasteiger partial charge in [0.05, 0.1) is 15.7 Å². The van der Waals surface area contributed by atoms with Crippen molar-refractivity contribution in [2.45, 2.75) is 20.0 Å². The summed E-state index contributed by atoms with van der Waals surface area (Å²) >= 11 is 2.60. The summed E-state index contributed by atoms with van der Waals surface area (Å²) in [6, 6.07) is 1.59. The lowest BCUT2D eigenvalue weighted by Gasteiger charge is -2.05. The highest BCUT2D eigenvalue weighted by atomic mass is 32.2. The Kier molecular flexibility index (Phi) is 3.17. The molecular weight excluding hydrogens is 260 g/mol. The second-order valence-corrected chi connectivity index (χ2v) is 5.91. The van der Waals surface area contributed by atoms with Crippen molar-refractivity contribution >= 4 is 44.0 Å². The third kappa shape index (κ3) is 2.32. The zero-order valence-corrected chi connectivity index (χ0v) is 10.9. The molecule has 0 saturated heterocycles. The number of carboxylic acids is 1. The van der Waals surface area contributed by atoms with Crippen LogP contribution in [0.25, 0.3) is 9.40 Å². The van der Waals surface area contributed by atoms with Crippen molar-refractivity contribution in [3.05, 3.63) is 21.9 Å². The molecule has 0 aliphatic heterocycles. The average Bonchev–Trinajstić information content (AvgIpc) is 2.72. The molecule has 6 heteroatoms. The maximum atomic E-state index is 11.6. The third-order valence-electron chi connectivity index (χ3n) is 2.05. The molecule has 0 atom stereocenters. The highest BCUT2D eigenvalue weighted by molar-refractivity contribution is 7.38. The molecule has 0 saturated carbocycles. The molecule has 0 aliphatic carbocycles. The van der Waals surface area contributed by atoms with Crippen LogP contribution in [-0.4, -0.2) is 23.1 Å². The Balaban J connectivity index is 2.38. The number of thiophene rings is 2. The highest BCUT2D eigenvalue weighted by Gasteiger charge is 2.18. The summed E-state index contributed by atoms with van der Waals surface area (Å²) in [6.07, 6.45) is -0.179. The van der Waals surface area contributed by atoms with E-state index in [9.17, 15) is 9.59 Å². The SMILES string of the molecule is CC(C)OC(=O)c1cc2c(C(=O)O)csc2s1. The van der Waals surface area contributed by atoms with Gasteiger partial charge in [-0.3, -0.25) is 0 Å². The molecule has 0 amide bonds. The molecule has 2 aromatic rings. The summed E-state index contributed by atoms with van der Waals surface area (Å²) in [6.45, 7) is 3.55. The van der Waals surface area contributed by atoms with Crippen molar-refractivity contribution in [2.75, 3.05) is 0 Å². The lowest BCUT2D eigenvalue weighted by Crippen LogP contribution is -2.09. The van der Waals surface area contributed by atoms with E-state index in [0.717, 1.165) is 4.01 Å². The molecule has 90 valence electrons. The van der Waals surface area contributed by atoms with Gasteiger partial charge in [0, 0.05) is 10.8 Å². The molecule has 0 unspecified atom stereocenters. The van der Waals surface area contributed by atoms with E-state index in [4.69, 9.17) is 9.84 Å². The molecule has 0 fully saturated rings. The van der Waals surface area contributed by atoms with E-state index < -0.39 is 11.9 Å². The van der Waals surface area contributed by atoms with Crippen LogP contribution in [0, 0.1) is 0 Å². The van der Waals surface area contributed by atoms with Crippen molar-refractivity contribution in [1.82, 2.24) is 0 Å². The Hall–Kier alpha value is -1.40. The fourth-order valence-corrected chi connectivity index (χ4v) is 3.51. The zero-order chi connectivity index (χ0) is 12.6. The molecule has 2 rings (SSSR count). The number of fused-ring (bicyclic) bond motifs is 1. The van der Waals surface area contributed by atoms with Gasteiger partial charge in [0.2, 0.25) is 0 Å². The van der Waals surface area contributed by atoms with E-state index in [-0.39, 0.29) is 11.7 Å². The second-order valence-electron chi connectivity index (χ2n) is 3.72.